The topological polar surface area (TPSA) is 98.0 Å². The molecule has 0 saturated heterocycles. The normalized spacial score (nSPS) is 12.0. The van der Waals surface area contributed by atoms with E-state index in [4.69, 9.17) is 5.73 Å². The Morgan fingerprint density at radius 3 is 2.28 bits per heavy atom. The molecular formula is C19H17F3N4O2S. The van der Waals surface area contributed by atoms with Crippen molar-refractivity contribution in [3.8, 4) is 11.3 Å². The highest BCUT2D eigenvalue weighted by atomic mass is 32.2. The SMILES string of the molecule is Cc1cccc(C)c1-c1nc(NS(=O)(=O)c2ccnc(N)c2)ccc1C(F)(F)F. The first-order valence-electron chi connectivity index (χ1n) is 8.38. The molecule has 0 amide bonds. The maximum atomic E-state index is 13.6. The smallest absolute Gasteiger partial charge is 0.384 e. The van der Waals surface area contributed by atoms with E-state index < -0.39 is 21.8 Å². The van der Waals surface area contributed by atoms with Gasteiger partial charge in [-0.1, -0.05) is 18.2 Å². The van der Waals surface area contributed by atoms with Gasteiger partial charge in [-0.25, -0.2) is 18.4 Å². The number of nitrogen functional groups attached to an aromatic ring is 1. The summed E-state index contributed by atoms with van der Waals surface area (Å²) in [5, 5.41) is 0. The van der Waals surface area contributed by atoms with Crippen molar-refractivity contribution >= 4 is 21.7 Å². The van der Waals surface area contributed by atoms with Crippen LogP contribution in [0.2, 0.25) is 0 Å². The average molecular weight is 422 g/mol. The van der Waals surface area contributed by atoms with E-state index in [-0.39, 0.29) is 22.2 Å². The first kappa shape index (κ1) is 20.6. The second-order valence-electron chi connectivity index (χ2n) is 6.38. The molecule has 0 bridgehead atoms. The third-order valence-corrected chi connectivity index (χ3v) is 5.57. The zero-order valence-electron chi connectivity index (χ0n) is 15.4. The molecule has 0 saturated carbocycles. The number of aromatic nitrogens is 2. The number of nitrogens with zero attached hydrogens (tertiary/aromatic N) is 2. The maximum Gasteiger partial charge on any atom is 0.418 e. The summed E-state index contributed by atoms with van der Waals surface area (Å²) >= 11 is 0. The molecule has 3 N–H and O–H groups in total. The predicted octanol–water partition coefficient (Wildman–Crippen LogP) is 4.16. The maximum absolute atomic E-state index is 13.6. The summed E-state index contributed by atoms with van der Waals surface area (Å²) < 4.78 is 68.1. The Morgan fingerprint density at radius 1 is 1.03 bits per heavy atom. The Hall–Kier alpha value is -3.14. The highest BCUT2D eigenvalue weighted by Gasteiger charge is 2.35. The van der Waals surface area contributed by atoms with Gasteiger partial charge in [0, 0.05) is 17.8 Å². The summed E-state index contributed by atoms with van der Waals surface area (Å²) in [6.45, 7) is 3.33. The van der Waals surface area contributed by atoms with Gasteiger partial charge in [0.05, 0.1) is 16.2 Å². The number of pyridine rings is 2. The number of hydrogen-bond acceptors (Lipinski definition) is 5. The van der Waals surface area contributed by atoms with Gasteiger partial charge in [0.15, 0.2) is 0 Å². The van der Waals surface area contributed by atoms with Crippen LogP contribution in [0, 0.1) is 13.8 Å². The molecule has 2 aromatic heterocycles. The highest BCUT2D eigenvalue weighted by molar-refractivity contribution is 7.92. The van der Waals surface area contributed by atoms with Crippen LogP contribution in [0.25, 0.3) is 11.3 Å². The van der Waals surface area contributed by atoms with Crippen molar-refractivity contribution in [2.45, 2.75) is 24.9 Å². The number of halogens is 3. The van der Waals surface area contributed by atoms with Crippen LogP contribution in [0.3, 0.4) is 0 Å². The van der Waals surface area contributed by atoms with E-state index >= 15 is 0 Å². The molecule has 0 aliphatic rings. The Morgan fingerprint density at radius 2 is 1.69 bits per heavy atom. The van der Waals surface area contributed by atoms with Gasteiger partial charge in [-0.2, -0.15) is 13.2 Å². The number of alkyl halides is 3. The van der Waals surface area contributed by atoms with Gasteiger partial charge in [-0.3, -0.25) is 4.72 Å². The third-order valence-electron chi connectivity index (χ3n) is 4.22. The lowest BCUT2D eigenvalue weighted by atomic mass is 9.96. The van der Waals surface area contributed by atoms with Crippen molar-refractivity contribution in [2.24, 2.45) is 0 Å². The number of nitrogens with two attached hydrogens (primary N) is 1. The van der Waals surface area contributed by atoms with E-state index in [0.29, 0.717) is 16.7 Å². The summed E-state index contributed by atoms with van der Waals surface area (Å²) in [5.41, 5.74) is 5.68. The number of nitrogens with one attached hydrogen (secondary N) is 1. The molecule has 2 heterocycles. The number of anilines is 2. The first-order valence-corrected chi connectivity index (χ1v) is 9.86. The largest absolute Gasteiger partial charge is 0.418 e. The quantitative estimate of drug-likeness (QED) is 0.658. The fourth-order valence-electron chi connectivity index (χ4n) is 2.91. The minimum absolute atomic E-state index is 0.00974. The molecule has 0 atom stereocenters. The van der Waals surface area contributed by atoms with Gasteiger partial charge in [-0.05, 0) is 43.2 Å². The van der Waals surface area contributed by atoms with E-state index in [1.165, 1.54) is 12.3 Å². The molecule has 0 fully saturated rings. The Bertz CT molecular complexity index is 1160. The summed E-state index contributed by atoms with van der Waals surface area (Å²) in [4.78, 5) is 7.54. The number of rotatable bonds is 4. The Kier molecular flexibility index (Phi) is 5.22. The van der Waals surface area contributed by atoms with Crippen LogP contribution in [0.1, 0.15) is 16.7 Å². The molecule has 6 nitrogen and oxygen atoms in total. The van der Waals surface area contributed by atoms with Crippen molar-refractivity contribution in [1.82, 2.24) is 9.97 Å². The van der Waals surface area contributed by atoms with Crippen LogP contribution in [-0.2, 0) is 16.2 Å². The van der Waals surface area contributed by atoms with E-state index in [1.54, 1.807) is 32.0 Å². The fourth-order valence-corrected chi connectivity index (χ4v) is 3.94. The van der Waals surface area contributed by atoms with Crippen molar-refractivity contribution < 1.29 is 21.6 Å². The standard InChI is InChI=1S/C19H17F3N4O2S/c1-11-4-3-5-12(2)17(11)18-14(19(20,21)22)6-7-16(25-18)26-29(27,28)13-8-9-24-15(23)10-13/h3-10H,1-2H3,(H2,23,24)(H,25,26). The average Bonchev–Trinajstić information content (AvgIpc) is 2.60. The van der Waals surface area contributed by atoms with E-state index in [1.807, 2.05) is 0 Å². The molecule has 10 heteroatoms. The second-order valence-corrected chi connectivity index (χ2v) is 8.06. The zero-order valence-corrected chi connectivity index (χ0v) is 16.3. The summed E-state index contributed by atoms with van der Waals surface area (Å²) in [7, 11) is -4.12. The van der Waals surface area contributed by atoms with Crippen molar-refractivity contribution in [3.05, 3.63) is 65.4 Å². The van der Waals surface area contributed by atoms with E-state index in [9.17, 15) is 21.6 Å². The predicted molar refractivity (Wildman–Crippen MR) is 104 cm³/mol. The van der Waals surface area contributed by atoms with Gasteiger partial charge in [0.25, 0.3) is 10.0 Å². The molecule has 0 aliphatic heterocycles. The number of hydrogen-bond donors (Lipinski definition) is 2. The summed E-state index contributed by atoms with van der Waals surface area (Å²) in [6.07, 6.45) is -3.44. The van der Waals surface area contributed by atoms with Crippen LogP contribution in [0.4, 0.5) is 24.8 Å². The van der Waals surface area contributed by atoms with Gasteiger partial charge in [0.1, 0.15) is 11.6 Å². The lowest BCUT2D eigenvalue weighted by molar-refractivity contribution is -0.137. The minimum atomic E-state index is -4.66. The van der Waals surface area contributed by atoms with Gasteiger partial charge < -0.3 is 5.73 Å². The lowest BCUT2D eigenvalue weighted by Gasteiger charge is -2.17. The molecule has 3 aromatic rings. The van der Waals surface area contributed by atoms with Crippen LogP contribution >= 0.6 is 0 Å². The van der Waals surface area contributed by atoms with E-state index in [0.717, 1.165) is 18.2 Å². The van der Waals surface area contributed by atoms with Crippen LogP contribution in [0.5, 0.6) is 0 Å². The molecule has 0 radical (unpaired) electrons. The number of sulfonamides is 1. The van der Waals surface area contributed by atoms with Gasteiger partial charge in [-0.15, -0.1) is 0 Å². The molecule has 3 rings (SSSR count). The number of aryl methyl sites for hydroxylation is 2. The first-order chi connectivity index (χ1) is 13.5. The minimum Gasteiger partial charge on any atom is -0.384 e. The monoisotopic (exact) mass is 422 g/mol. The van der Waals surface area contributed by atoms with Gasteiger partial charge >= 0.3 is 6.18 Å². The van der Waals surface area contributed by atoms with Crippen LogP contribution < -0.4 is 10.5 Å². The van der Waals surface area contributed by atoms with Crippen molar-refractivity contribution in [1.29, 1.82) is 0 Å². The van der Waals surface area contributed by atoms with Crippen LogP contribution in [0.15, 0.2) is 53.6 Å². The van der Waals surface area contributed by atoms with Crippen LogP contribution in [-0.4, -0.2) is 18.4 Å². The Labute approximate surface area is 165 Å². The summed E-state index contributed by atoms with van der Waals surface area (Å²) in [5.74, 6) is -0.254. The number of benzene rings is 1. The third kappa shape index (κ3) is 4.32. The molecule has 152 valence electrons. The molecule has 1 aromatic carbocycles. The zero-order chi connectivity index (χ0) is 21.4. The highest BCUT2D eigenvalue weighted by Crippen LogP contribution is 2.39. The summed E-state index contributed by atoms with van der Waals surface area (Å²) in [6, 6.07) is 9.20. The molecular weight excluding hydrogens is 405 g/mol. The van der Waals surface area contributed by atoms with E-state index in [2.05, 4.69) is 14.7 Å². The van der Waals surface area contributed by atoms with Crippen molar-refractivity contribution in [2.75, 3.05) is 10.5 Å². The molecule has 0 aliphatic carbocycles. The molecule has 29 heavy (non-hydrogen) atoms. The van der Waals surface area contributed by atoms with Gasteiger partial charge in [0.2, 0.25) is 0 Å². The second kappa shape index (κ2) is 7.36. The fraction of sp³-hybridized carbons (Fsp3) is 0.158. The van der Waals surface area contributed by atoms with Crippen molar-refractivity contribution in [3.63, 3.8) is 0 Å². The lowest BCUT2D eigenvalue weighted by Crippen LogP contribution is -2.16. The molecule has 0 unspecified atom stereocenters. The Balaban J connectivity index is 2.14. The molecule has 0 spiro atoms.